The van der Waals surface area contributed by atoms with E-state index in [1.165, 1.54) is 0 Å². The highest BCUT2D eigenvalue weighted by atomic mass is 16.5. The maximum atomic E-state index is 8.99. The molecule has 2 aromatic carbocycles. The summed E-state index contributed by atoms with van der Waals surface area (Å²) >= 11 is 0. The Kier molecular flexibility index (Phi) is 4.65. The first kappa shape index (κ1) is 13.5. The SMILES string of the molecule is C#CCOc1cc(OCc2ccccc2)ccc1C#N. The first-order valence-electron chi connectivity index (χ1n) is 6.10. The lowest BCUT2D eigenvalue weighted by Crippen LogP contribution is -1.99. The minimum Gasteiger partial charge on any atom is -0.489 e. The molecule has 0 amide bonds. The number of terminal acetylenes is 1. The van der Waals surface area contributed by atoms with Gasteiger partial charge in [0.05, 0.1) is 5.56 Å². The molecule has 2 aromatic rings. The van der Waals surface area contributed by atoms with E-state index in [1.807, 2.05) is 30.3 Å². The van der Waals surface area contributed by atoms with Crippen LogP contribution in [-0.4, -0.2) is 6.61 Å². The molecule has 0 aliphatic carbocycles. The zero-order valence-electron chi connectivity index (χ0n) is 10.9. The van der Waals surface area contributed by atoms with E-state index in [9.17, 15) is 0 Å². The van der Waals surface area contributed by atoms with Crippen molar-refractivity contribution in [2.24, 2.45) is 0 Å². The van der Waals surface area contributed by atoms with Gasteiger partial charge in [-0.25, -0.2) is 0 Å². The fraction of sp³-hybridized carbons (Fsp3) is 0.118. The highest BCUT2D eigenvalue weighted by Crippen LogP contribution is 2.25. The van der Waals surface area contributed by atoms with E-state index in [0.717, 1.165) is 5.56 Å². The zero-order valence-corrected chi connectivity index (χ0v) is 10.9. The summed E-state index contributed by atoms with van der Waals surface area (Å²) in [6.45, 7) is 0.581. The van der Waals surface area contributed by atoms with Crippen LogP contribution >= 0.6 is 0 Å². The third-order valence-corrected chi connectivity index (χ3v) is 2.63. The predicted octanol–water partition coefficient (Wildman–Crippen LogP) is 3.15. The van der Waals surface area contributed by atoms with Crippen molar-refractivity contribution < 1.29 is 9.47 Å². The molecule has 3 nitrogen and oxygen atoms in total. The molecule has 20 heavy (non-hydrogen) atoms. The Balaban J connectivity index is 2.09. The average Bonchev–Trinajstić information content (AvgIpc) is 2.52. The number of hydrogen-bond donors (Lipinski definition) is 0. The van der Waals surface area contributed by atoms with Gasteiger partial charge in [-0.2, -0.15) is 5.26 Å². The number of nitrogens with zero attached hydrogens (tertiary/aromatic N) is 1. The maximum absolute atomic E-state index is 8.99. The molecule has 0 aromatic heterocycles. The molecule has 0 radical (unpaired) electrons. The van der Waals surface area contributed by atoms with Crippen LogP contribution in [0.4, 0.5) is 0 Å². The summed E-state index contributed by atoms with van der Waals surface area (Å²) in [6.07, 6.45) is 5.15. The summed E-state index contributed by atoms with van der Waals surface area (Å²) in [5.74, 6) is 3.45. The van der Waals surface area contributed by atoms with E-state index < -0.39 is 0 Å². The molecular formula is C17H13NO2. The summed E-state index contributed by atoms with van der Waals surface area (Å²) in [5, 5.41) is 8.99. The van der Waals surface area contributed by atoms with Crippen LogP contribution in [0.2, 0.25) is 0 Å². The summed E-state index contributed by atoms with van der Waals surface area (Å²) < 4.78 is 11.0. The smallest absolute Gasteiger partial charge is 0.148 e. The van der Waals surface area contributed by atoms with Crippen molar-refractivity contribution in [3.63, 3.8) is 0 Å². The number of ether oxygens (including phenoxy) is 2. The summed E-state index contributed by atoms with van der Waals surface area (Å²) in [7, 11) is 0. The molecule has 0 bridgehead atoms. The van der Waals surface area contributed by atoms with Crippen molar-refractivity contribution >= 4 is 0 Å². The monoisotopic (exact) mass is 263 g/mol. The van der Waals surface area contributed by atoms with Crippen LogP contribution in [0.25, 0.3) is 0 Å². The number of benzene rings is 2. The van der Waals surface area contributed by atoms with Crippen LogP contribution < -0.4 is 9.47 Å². The van der Waals surface area contributed by atoms with Crippen molar-refractivity contribution in [1.29, 1.82) is 5.26 Å². The molecule has 0 heterocycles. The fourth-order valence-corrected chi connectivity index (χ4v) is 1.66. The van der Waals surface area contributed by atoms with E-state index in [1.54, 1.807) is 18.2 Å². The van der Waals surface area contributed by atoms with Gasteiger partial charge in [0.15, 0.2) is 0 Å². The largest absolute Gasteiger partial charge is 0.489 e. The second-order valence-electron chi connectivity index (χ2n) is 4.04. The number of hydrogen-bond acceptors (Lipinski definition) is 3. The van der Waals surface area contributed by atoms with Gasteiger partial charge in [0, 0.05) is 6.07 Å². The van der Waals surface area contributed by atoms with Crippen LogP contribution in [0.3, 0.4) is 0 Å². The van der Waals surface area contributed by atoms with E-state index in [0.29, 0.717) is 23.7 Å². The van der Waals surface area contributed by atoms with Gasteiger partial charge in [0.2, 0.25) is 0 Å². The molecule has 0 fully saturated rings. The van der Waals surface area contributed by atoms with Gasteiger partial charge >= 0.3 is 0 Å². The Hall–Kier alpha value is -2.91. The molecule has 0 saturated carbocycles. The fourth-order valence-electron chi connectivity index (χ4n) is 1.66. The van der Waals surface area contributed by atoms with Crippen LogP contribution in [-0.2, 0) is 6.61 Å². The van der Waals surface area contributed by atoms with Crippen LogP contribution in [0.15, 0.2) is 48.5 Å². The molecule has 0 atom stereocenters. The third-order valence-electron chi connectivity index (χ3n) is 2.63. The zero-order chi connectivity index (χ0) is 14.2. The molecule has 0 spiro atoms. The maximum Gasteiger partial charge on any atom is 0.148 e. The van der Waals surface area contributed by atoms with Crippen molar-refractivity contribution in [3.8, 4) is 29.9 Å². The van der Waals surface area contributed by atoms with E-state index >= 15 is 0 Å². The van der Waals surface area contributed by atoms with Gasteiger partial charge < -0.3 is 9.47 Å². The second-order valence-corrected chi connectivity index (χ2v) is 4.04. The predicted molar refractivity (Wildman–Crippen MR) is 76.3 cm³/mol. The second kappa shape index (κ2) is 6.87. The van der Waals surface area contributed by atoms with E-state index in [4.69, 9.17) is 21.2 Å². The van der Waals surface area contributed by atoms with E-state index in [-0.39, 0.29) is 6.61 Å². The van der Waals surface area contributed by atoms with Crippen LogP contribution in [0.5, 0.6) is 11.5 Å². The Morgan fingerprint density at radius 1 is 1.05 bits per heavy atom. The van der Waals surface area contributed by atoms with Gasteiger partial charge in [-0.1, -0.05) is 36.3 Å². The topological polar surface area (TPSA) is 42.2 Å². The quantitative estimate of drug-likeness (QED) is 0.778. The van der Waals surface area contributed by atoms with Crippen LogP contribution in [0.1, 0.15) is 11.1 Å². The lowest BCUT2D eigenvalue weighted by atomic mass is 10.2. The van der Waals surface area contributed by atoms with Gasteiger partial charge in [-0.15, -0.1) is 6.42 Å². The first-order valence-corrected chi connectivity index (χ1v) is 6.10. The normalized spacial score (nSPS) is 9.30. The Bertz CT molecular complexity index is 651. The summed E-state index contributed by atoms with van der Waals surface area (Å²) in [5.41, 5.74) is 1.51. The van der Waals surface area contributed by atoms with Crippen molar-refractivity contribution in [2.75, 3.05) is 6.61 Å². The van der Waals surface area contributed by atoms with Gasteiger partial charge in [-0.05, 0) is 17.7 Å². The van der Waals surface area contributed by atoms with E-state index in [2.05, 4.69) is 12.0 Å². The lowest BCUT2D eigenvalue weighted by Gasteiger charge is -2.09. The van der Waals surface area contributed by atoms with Gasteiger partial charge in [0.25, 0.3) is 0 Å². The van der Waals surface area contributed by atoms with Crippen molar-refractivity contribution in [2.45, 2.75) is 6.61 Å². The molecule has 0 aliphatic rings. The highest BCUT2D eigenvalue weighted by molar-refractivity contribution is 5.47. The highest BCUT2D eigenvalue weighted by Gasteiger charge is 2.05. The molecule has 2 rings (SSSR count). The molecule has 0 saturated heterocycles. The Labute approximate surface area is 118 Å². The molecule has 98 valence electrons. The van der Waals surface area contributed by atoms with Crippen LogP contribution in [0, 0.1) is 23.7 Å². The number of nitriles is 1. The number of rotatable bonds is 5. The van der Waals surface area contributed by atoms with Gasteiger partial charge in [-0.3, -0.25) is 0 Å². The minimum atomic E-state index is 0.122. The van der Waals surface area contributed by atoms with Gasteiger partial charge in [0.1, 0.15) is 30.8 Å². The Morgan fingerprint density at radius 3 is 2.55 bits per heavy atom. The molecule has 0 aliphatic heterocycles. The third kappa shape index (κ3) is 3.54. The molecule has 3 heteroatoms. The lowest BCUT2D eigenvalue weighted by molar-refractivity contribution is 0.302. The first-order chi connectivity index (χ1) is 9.83. The standard InChI is InChI=1S/C17H13NO2/c1-2-10-19-17-11-16(9-8-15(17)12-18)20-13-14-6-4-3-5-7-14/h1,3-9,11H,10,13H2. The van der Waals surface area contributed by atoms with Crippen molar-refractivity contribution in [3.05, 3.63) is 59.7 Å². The average molecular weight is 263 g/mol. The molecule has 0 unspecified atom stereocenters. The molecular weight excluding hydrogens is 250 g/mol. The van der Waals surface area contributed by atoms with Crippen molar-refractivity contribution in [1.82, 2.24) is 0 Å². The summed E-state index contributed by atoms with van der Waals surface area (Å²) in [4.78, 5) is 0. The molecule has 0 N–H and O–H groups in total. The summed E-state index contributed by atoms with van der Waals surface area (Å²) in [6, 6.07) is 17.0. The Morgan fingerprint density at radius 2 is 1.85 bits per heavy atom. The minimum absolute atomic E-state index is 0.122.